The van der Waals surface area contributed by atoms with E-state index in [2.05, 4.69) is 11.4 Å². The highest BCUT2D eigenvalue weighted by Crippen LogP contribution is 2.33. The average Bonchev–Trinajstić information content (AvgIpc) is 2.91. The molecule has 19 heavy (non-hydrogen) atoms. The molecule has 1 fully saturated rings. The first-order valence-electron chi connectivity index (χ1n) is 6.58. The highest BCUT2D eigenvalue weighted by atomic mass is 35.5. The third-order valence-corrected chi connectivity index (χ3v) is 4.47. The third-order valence-electron chi connectivity index (χ3n) is 3.29. The lowest BCUT2D eigenvalue weighted by Crippen LogP contribution is -2.26. The van der Waals surface area contributed by atoms with Crippen LogP contribution in [0, 0.1) is 0 Å². The first-order valence-corrected chi connectivity index (χ1v) is 7.77. The van der Waals surface area contributed by atoms with Gasteiger partial charge in [0.1, 0.15) is 5.76 Å². The van der Waals surface area contributed by atoms with Crippen molar-refractivity contribution >= 4 is 23.4 Å². The molecule has 1 saturated heterocycles. The maximum atomic E-state index is 5.92. The monoisotopic (exact) mass is 293 g/mol. The molecule has 1 atom stereocenters. The molecule has 1 aromatic carbocycles. The van der Waals surface area contributed by atoms with Crippen molar-refractivity contribution in [1.82, 2.24) is 5.32 Å². The van der Waals surface area contributed by atoms with Gasteiger partial charge in [-0.3, -0.25) is 0 Å². The van der Waals surface area contributed by atoms with Gasteiger partial charge >= 0.3 is 0 Å². The maximum absolute atomic E-state index is 5.92. The van der Waals surface area contributed by atoms with Crippen molar-refractivity contribution in [2.24, 2.45) is 0 Å². The number of piperidine rings is 1. The Bertz CT molecular complexity index is 531. The molecule has 3 rings (SSSR count). The van der Waals surface area contributed by atoms with E-state index >= 15 is 0 Å². The van der Waals surface area contributed by atoms with E-state index in [1.807, 2.05) is 30.3 Å². The van der Waals surface area contributed by atoms with Crippen molar-refractivity contribution in [3.63, 3.8) is 0 Å². The Balaban J connectivity index is 1.68. The number of halogens is 1. The van der Waals surface area contributed by atoms with Crippen LogP contribution in [0.2, 0.25) is 5.02 Å². The van der Waals surface area contributed by atoms with Crippen molar-refractivity contribution in [1.29, 1.82) is 0 Å². The number of hydrogen-bond acceptors (Lipinski definition) is 3. The van der Waals surface area contributed by atoms with Crippen LogP contribution in [0.5, 0.6) is 0 Å². The summed E-state index contributed by atoms with van der Waals surface area (Å²) in [6.45, 7) is 1.09. The predicted molar refractivity (Wildman–Crippen MR) is 78.9 cm³/mol. The lowest BCUT2D eigenvalue weighted by molar-refractivity contribution is 0.326. The molecule has 2 aromatic rings. The zero-order valence-corrected chi connectivity index (χ0v) is 12.1. The fourth-order valence-corrected chi connectivity index (χ4v) is 3.19. The molecule has 0 aliphatic carbocycles. The van der Waals surface area contributed by atoms with Gasteiger partial charge in [-0.25, -0.2) is 0 Å². The van der Waals surface area contributed by atoms with Gasteiger partial charge in [0, 0.05) is 9.92 Å². The van der Waals surface area contributed by atoms with Gasteiger partial charge in [0.15, 0.2) is 5.09 Å². The molecule has 100 valence electrons. The molecule has 4 heteroatoms. The molecule has 1 aliphatic heterocycles. The van der Waals surface area contributed by atoms with E-state index < -0.39 is 0 Å². The van der Waals surface area contributed by atoms with Crippen molar-refractivity contribution in [3.8, 4) is 0 Å². The third kappa shape index (κ3) is 3.35. The minimum atomic E-state index is 0.383. The highest BCUT2D eigenvalue weighted by molar-refractivity contribution is 7.99. The summed E-state index contributed by atoms with van der Waals surface area (Å²) in [4.78, 5) is 1.14. The first kappa shape index (κ1) is 13.1. The molecule has 2 nitrogen and oxygen atoms in total. The van der Waals surface area contributed by atoms with Crippen LogP contribution in [0.25, 0.3) is 0 Å². The second-order valence-electron chi connectivity index (χ2n) is 4.72. The molecule has 0 unspecified atom stereocenters. The summed E-state index contributed by atoms with van der Waals surface area (Å²) < 4.78 is 5.92. The van der Waals surface area contributed by atoms with Gasteiger partial charge in [0.25, 0.3) is 0 Å². The predicted octanol–water partition coefficient (Wildman–Crippen LogP) is 4.90. The van der Waals surface area contributed by atoms with Crippen molar-refractivity contribution in [3.05, 3.63) is 47.2 Å². The number of rotatable bonds is 3. The Morgan fingerprint density at radius 2 is 1.95 bits per heavy atom. The first-order chi connectivity index (χ1) is 9.31. The number of furan rings is 1. The van der Waals surface area contributed by atoms with Crippen LogP contribution in [-0.4, -0.2) is 6.54 Å². The number of nitrogens with one attached hydrogen (secondary N) is 1. The quantitative estimate of drug-likeness (QED) is 0.871. The van der Waals surface area contributed by atoms with Crippen LogP contribution in [0.1, 0.15) is 31.1 Å². The van der Waals surface area contributed by atoms with Gasteiger partial charge in [-0.15, -0.1) is 0 Å². The smallest absolute Gasteiger partial charge is 0.165 e. The minimum Gasteiger partial charge on any atom is -0.453 e. The number of benzene rings is 1. The molecule has 1 N–H and O–H groups in total. The fourth-order valence-electron chi connectivity index (χ4n) is 2.29. The van der Waals surface area contributed by atoms with Crippen LogP contribution in [0.15, 0.2) is 50.8 Å². The van der Waals surface area contributed by atoms with Gasteiger partial charge in [0.2, 0.25) is 0 Å². The zero-order valence-electron chi connectivity index (χ0n) is 10.6. The summed E-state index contributed by atoms with van der Waals surface area (Å²) in [5, 5.41) is 5.19. The van der Waals surface area contributed by atoms with E-state index in [0.29, 0.717) is 6.04 Å². The SMILES string of the molecule is Clc1ccc(Sc2ccc([C@@H]3CCCCN3)o2)cc1. The lowest BCUT2D eigenvalue weighted by atomic mass is 10.0. The molecule has 2 heterocycles. The van der Waals surface area contributed by atoms with E-state index in [1.54, 1.807) is 11.8 Å². The van der Waals surface area contributed by atoms with E-state index in [9.17, 15) is 0 Å². The standard InChI is InChI=1S/C15H16ClNOS/c16-11-4-6-12(7-5-11)19-15-9-8-14(18-15)13-3-1-2-10-17-13/h4-9,13,17H,1-3,10H2/t13-/m0/s1. The van der Waals surface area contributed by atoms with Crippen molar-refractivity contribution in [2.45, 2.75) is 35.3 Å². The van der Waals surface area contributed by atoms with Crippen LogP contribution in [0.4, 0.5) is 0 Å². The topological polar surface area (TPSA) is 25.2 Å². The van der Waals surface area contributed by atoms with E-state index in [4.69, 9.17) is 16.0 Å². The van der Waals surface area contributed by atoms with Gasteiger partial charge in [0.05, 0.1) is 6.04 Å². The molecular weight excluding hydrogens is 278 g/mol. The van der Waals surface area contributed by atoms with E-state index in [-0.39, 0.29) is 0 Å². The maximum Gasteiger partial charge on any atom is 0.165 e. The average molecular weight is 294 g/mol. The summed E-state index contributed by atoms with van der Waals surface area (Å²) in [6.07, 6.45) is 3.71. The second-order valence-corrected chi connectivity index (χ2v) is 6.23. The summed E-state index contributed by atoms with van der Waals surface area (Å²) in [5.74, 6) is 1.05. The van der Waals surface area contributed by atoms with Gasteiger partial charge in [-0.05, 0) is 55.8 Å². The molecule has 1 aromatic heterocycles. The Morgan fingerprint density at radius 1 is 1.11 bits per heavy atom. The number of hydrogen-bond donors (Lipinski definition) is 1. The summed E-state index contributed by atoms with van der Waals surface area (Å²) in [6, 6.07) is 12.3. The Hall–Kier alpha value is -0.900. The van der Waals surface area contributed by atoms with Crippen molar-refractivity contribution < 1.29 is 4.42 Å². The van der Waals surface area contributed by atoms with E-state index in [1.165, 1.54) is 19.3 Å². The van der Waals surface area contributed by atoms with E-state index in [0.717, 1.165) is 27.3 Å². The Kier molecular flexibility index (Phi) is 4.16. The summed E-state index contributed by atoms with van der Waals surface area (Å²) in [7, 11) is 0. The summed E-state index contributed by atoms with van der Waals surface area (Å²) >= 11 is 7.51. The van der Waals surface area contributed by atoms with Crippen LogP contribution < -0.4 is 5.32 Å². The minimum absolute atomic E-state index is 0.383. The molecule has 0 bridgehead atoms. The van der Waals surface area contributed by atoms with Gasteiger partial charge in [-0.2, -0.15) is 0 Å². The lowest BCUT2D eigenvalue weighted by Gasteiger charge is -2.21. The van der Waals surface area contributed by atoms with Gasteiger partial charge in [-0.1, -0.05) is 29.8 Å². The fraction of sp³-hybridized carbons (Fsp3) is 0.333. The zero-order chi connectivity index (χ0) is 13.1. The Morgan fingerprint density at radius 3 is 2.68 bits per heavy atom. The molecule has 0 spiro atoms. The molecule has 0 saturated carbocycles. The summed E-state index contributed by atoms with van der Waals surface area (Å²) in [5.41, 5.74) is 0. The van der Waals surface area contributed by atoms with Gasteiger partial charge < -0.3 is 9.73 Å². The molecule has 0 amide bonds. The van der Waals surface area contributed by atoms with Crippen LogP contribution in [-0.2, 0) is 0 Å². The largest absolute Gasteiger partial charge is 0.453 e. The van der Waals surface area contributed by atoms with Crippen LogP contribution >= 0.6 is 23.4 Å². The van der Waals surface area contributed by atoms with Crippen molar-refractivity contribution in [2.75, 3.05) is 6.54 Å². The highest BCUT2D eigenvalue weighted by Gasteiger charge is 2.18. The molecule has 0 radical (unpaired) electrons. The molecular formula is C15H16ClNOS. The Labute approximate surface area is 122 Å². The second kappa shape index (κ2) is 6.04. The normalized spacial score (nSPS) is 19.5. The van der Waals surface area contributed by atoms with Crippen LogP contribution in [0.3, 0.4) is 0 Å². The molecule has 1 aliphatic rings.